The Morgan fingerprint density at radius 2 is 1.56 bits per heavy atom. The molecule has 0 radical (unpaired) electrons. The van der Waals surface area contributed by atoms with Crippen LogP contribution >= 0.6 is 0 Å². The van der Waals surface area contributed by atoms with Crippen molar-refractivity contribution in [2.75, 3.05) is 38.8 Å². The van der Waals surface area contributed by atoms with Crippen LogP contribution in [-0.2, 0) is 0 Å². The van der Waals surface area contributed by atoms with Gasteiger partial charge in [0.25, 0.3) is 0 Å². The number of amides is 1. The fraction of sp³-hybridized carbons (Fsp3) is 0.278. The highest BCUT2D eigenvalue weighted by atomic mass is 16.6. The van der Waals surface area contributed by atoms with Gasteiger partial charge in [-0.2, -0.15) is 0 Å². The van der Waals surface area contributed by atoms with E-state index in [-0.39, 0.29) is 0 Å². The molecule has 4 N–H and O–H groups in total. The first-order chi connectivity index (χ1) is 11.9. The first kappa shape index (κ1) is 18.3. The van der Waals surface area contributed by atoms with E-state index in [0.29, 0.717) is 42.5 Å². The third kappa shape index (κ3) is 6.14. The van der Waals surface area contributed by atoms with Gasteiger partial charge in [-0.05, 0) is 12.1 Å². The highest BCUT2D eigenvalue weighted by molar-refractivity contribution is 5.70. The fourth-order valence-electron chi connectivity index (χ4n) is 1.97. The smallest absolute Gasteiger partial charge is 0.414 e. The van der Waals surface area contributed by atoms with Gasteiger partial charge in [-0.25, -0.2) is 4.79 Å². The third-order valence-corrected chi connectivity index (χ3v) is 3.16. The summed E-state index contributed by atoms with van der Waals surface area (Å²) in [6.45, 7) is 0.932. The molecule has 0 aliphatic heterocycles. The molecule has 134 valence electrons. The maximum Gasteiger partial charge on any atom is 0.414 e. The maximum absolute atomic E-state index is 11.6. The molecule has 1 amide bonds. The molecule has 0 aliphatic rings. The number of nitrogen functional groups attached to an aromatic ring is 2. The number of nitrogens with two attached hydrogens (primary N) is 2. The van der Waals surface area contributed by atoms with Crippen molar-refractivity contribution < 1.29 is 19.0 Å². The number of hydrogen-bond acceptors (Lipinski definition) is 6. The zero-order chi connectivity index (χ0) is 18.2. The molecule has 0 saturated carbocycles. The lowest BCUT2D eigenvalue weighted by molar-refractivity contribution is 0.171. The summed E-state index contributed by atoms with van der Waals surface area (Å²) in [6.07, 6.45) is 0.197. The number of carbonyl (C=O) groups is 1. The molecule has 2 aromatic carbocycles. The molecular formula is C18H23N3O4. The molecule has 0 fully saturated rings. The first-order valence-electron chi connectivity index (χ1n) is 7.85. The second-order valence-electron chi connectivity index (χ2n) is 5.62. The van der Waals surface area contributed by atoms with Gasteiger partial charge in [-0.3, -0.25) is 0 Å². The molecular weight excluding hydrogens is 322 g/mol. The van der Waals surface area contributed by atoms with E-state index in [1.165, 1.54) is 4.90 Å². The molecule has 0 bridgehead atoms. The molecule has 7 heteroatoms. The Morgan fingerprint density at radius 3 is 2.24 bits per heavy atom. The molecule has 0 heterocycles. The summed E-state index contributed by atoms with van der Waals surface area (Å²) < 4.78 is 16.4. The van der Waals surface area contributed by atoms with Crippen molar-refractivity contribution in [3.63, 3.8) is 0 Å². The highest BCUT2D eigenvalue weighted by Crippen LogP contribution is 2.25. The van der Waals surface area contributed by atoms with Crippen molar-refractivity contribution in [3.8, 4) is 17.2 Å². The van der Waals surface area contributed by atoms with Crippen LogP contribution in [0.4, 0.5) is 16.2 Å². The number of nitrogens with zero attached hydrogens (tertiary/aromatic N) is 1. The van der Waals surface area contributed by atoms with Crippen LogP contribution in [0.1, 0.15) is 6.42 Å². The normalized spacial score (nSPS) is 10.2. The lowest BCUT2D eigenvalue weighted by atomic mass is 10.3. The summed E-state index contributed by atoms with van der Waals surface area (Å²) in [5, 5.41) is 0. The molecule has 0 spiro atoms. The molecule has 25 heavy (non-hydrogen) atoms. The Balaban J connectivity index is 1.80. The van der Waals surface area contributed by atoms with Gasteiger partial charge in [0.15, 0.2) is 0 Å². The topological polar surface area (TPSA) is 100 Å². The Bertz CT molecular complexity index is 719. The van der Waals surface area contributed by atoms with Gasteiger partial charge in [-0.1, -0.05) is 6.07 Å². The van der Waals surface area contributed by atoms with E-state index in [9.17, 15) is 4.79 Å². The number of carbonyl (C=O) groups excluding carboxylic acids is 1. The molecule has 0 aromatic heterocycles. The Kier molecular flexibility index (Phi) is 6.33. The van der Waals surface area contributed by atoms with Crippen LogP contribution in [0, 0.1) is 0 Å². The van der Waals surface area contributed by atoms with Crippen LogP contribution in [0.2, 0.25) is 0 Å². The van der Waals surface area contributed by atoms with E-state index in [2.05, 4.69) is 0 Å². The van der Waals surface area contributed by atoms with Gasteiger partial charge < -0.3 is 30.6 Å². The van der Waals surface area contributed by atoms with Crippen LogP contribution in [0.25, 0.3) is 0 Å². The largest absolute Gasteiger partial charge is 0.493 e. The lowest BCUT2D eigenvalue weighted by Gasteiger charge is -2.13. The molecule has 2 aromatic rings. The number of ether oxygens (including phenoxy) is 3. The minimum atomic E-state index is -0.480. The van der Waals surface area contributed by atoms with Crippen LogP contribution in [-0.4, -0.2) is 38.3 Å². The summed E-state index contributed by atoms with van der Waals surface area (Å²) in [4.78, 5) is 12.9. The lowest BCUT2D eigenvalue weighted by Crippen LogP contribution is -2.25. The minimum absolute atomic E-state index is 0.338. The summed E-state index contributed by atoms with van der Waals surface area (Å²) in [5.41, 5.74) is 12.6. The minimum Gasteiger partial charge on any atom is -0.493 e. The summed E-state index contributed by atoms with van der Waals surface area (Å²) >= 11 is 0. The summed E-state index contributed by atoms with van der Waals surface area (Å²) in [6, 6.07) is 12.1. The predicted molar refractivity (Wildman–Crippen MR) is 97.0 cm³/mol. The van der Waals surface area contributed by atoms with Crippen molar-refractivity contribution in [3.05, 3.63) is 42.5 Å². The molecule has 0 aliphatic carbocycles. The second-order valence-corrected chi connectivity index (χ2v) is 5.62. The molecule has 7 nitrogen and oxygen atoms in total. The Hall–Kier alpha value is -3.09. The van der Waals surface area contributed by atoms with Gasteiger partial charge in [-0.15, -0.1) is 0 Å². The Labute approximate surface area is 147 Å². The van der Waals surface area contributed by atoms with Crippen LogP contribution in [0.15, 0.2) is 42.5 Å². The van der Waals surface area contributed by atoms with E-state index in [1.807, 2.05) is 12.1 Å². The molecule has 0 unspecified atom stereocenters. The summed E-state index contributed by atoms with van der Waals surface area (Å²) in [5.74, 6) is 1.59. The van der Waals surface area contributed by atoms with E-state index in [1.54, 1.807) is 44.4 Å². The molecule has 0 atom stereocenters. The average Bonchev–Trinajstić information content (AvgIpc) is 2.54. The van der Waals surface area contributed by atoms with Crippen LogP contribution < -0.4 is 25.7 Å². The van der Waals surface area contributed by atoms with E-state index >= 15 is 0 Å². The van der Waals surface area contributed by atoms with Crippen molar-refractivity contribution in [2.24, 2.45) is 0 Å². The Morgan fingerprint density at radius 1 is 0.920 bits per heavy atom. The maximum atomic E-state index is 11.6. The van der Waals surface area contributed by atoms with Crippen molar-refractivity contribution >= 4 is 17.5 Å². The SMILES string of the molecule is CN(C)C(=O)Oc1cc(N)cc(OCCCOc2cccc(N)c2)c1. The third-order valence-electron chi connectivity index (χ3n) is 3.16. The number of hydrogen-bond donors (Lipinski definition) is 2. The van der Waals surface area contributed by atoms with Gasteiger partial charge in [0.05, 0.1) is 13.2 Å². The standard InChI is InChI=1S/C18H23N3O4/c1-21(2)18(22)25-17-11-14(20)10-16(12-17)24-8-4-7-23-15-6-3-5-13(19)9-15/h3,5-6,9-12H,4,7-8,19-20H2,1-2H3. The first-order valence-corrected chi connectivity index (χ1v) is 7.85. The van der Waals surface area contributed by atoms with Gasteiger partial charge in [0.2, 0.25) is 0 Å². The second kappa shape index (κ2) is 8.68. The van der Waals surface area contributed by atoms with Gasteiger partial charge in [0, 0.05) is 56.2 Å². The van der Waals surface area contributed by atoms with Crippen molar-refractivity contribution in [1.29, 1.82) is 0 Å². The molecule has 2 rings (SSSR count). The van der Waals surface area contributed by atoms with E-state index < -0.39 is 6.09 Å². The van der Waals surface area contributed by atoms with Crippen LogP contribution in [0.5, 0.6) is 17.2 Å². The van der Waals surface area contributed by atoms with E-state index in [0.717, 1.165) is 5.75 Å². The van der Waals surface area contributed by atoms with Gasteiger partial charge >= 0.3 is 6.09 Å². The zero-order valence-corrected chi connectivity index (χ0v) is 14.4. The highest BCUT2D eigenvalue weighted by Gasteiger charge is 2.09. The average molecular weight is 345 g/mol. The monoisotopic (exact) mass is 345 g/mol. The number of benzene rings is 2. The van der Waals surface area contributed by atoms with Crippen LogP contribution in [0.3, 0.4) is 0 Å². The van der Waals surface area contributed by atoms with E-state index in [4.69, 9.17) is 25.7 Å². The quantitative estimate of drug-likeness (QED) is 0.591. The predicted octanol–water partition coefficient (Wildman–Crippen LogP) is 2.76. The number of anilines is 2. The molecule has 0 saturated heterocycles. The fourth-order valence-corrected chi connectivity index (χ4v) is 1.97. The van der Waals surface area contributed by atoms with Crippen molar-refractivity contribution in [1.82, 2.24) is 4.90 Å². The number of rotatable bonds is 7. The van der Waals surface area contributed by atoms with Gasteiger partial charge in [0.1, 0.15) is 17.2 Å². The summed E-state index contributed by atoms with van der Waals surface area (Å²) in [7, 11) is 3.21. The van der Waals surface area contributed by atoms with Crippen molar-refractivity contribution in [2.45, 2.75) is 6.42 Å². The zero-order valence-electron chi connectivity index (χ0n) is 14.4.